The molecule has 3 rings (SSSR count). The van der Waals surface area contributed by atoms with Crippen LogP contribution in [0.3, 0.4) is 0 Å². The van der Waals surface area contributed by atoms with E-state index in [1.165, 1.54) is 12.1 Å². The minimum Gasteiger partial charge on any atom is -0.423 e. The predicted octanol–water partition coefficient (Wildman–Crippen LogP) is 2.96. The van der Waals surface area contributed by atoms with Crippen molar-refractivity contribution in [1.29, 1.82) is 0 Å². The molecule has 0 saturated carbocycles. The number of non-ortho nitro benzene ring substituents is 1. The molecule has 1 atom stereocenters. The Bertz CT molecular complexity index is 649. The number of nitrogens with zero attached hydrogens (tertiary/aromatic N) is 2. The fourth-order valence-electron chi connectivity index (χ4n) is 2.62. The molecule has 1 aliphatic rings. The summed E-state index contributed by atoms with van der Waals surface area (Å²) in [6, 6.07) is 5.05. The number of oxazole rings is 1. The average Bonchev–Trinajstić information content (AvgIpc) is 2.89. The van der Waals surface area contributed by atoms with Gasteiger partial charge in [-0.1, -0.05) is 0 Å². The Morgan fingerprint density at radius 2 is 2.19 bits per heavy atom. The number of rotatable bonds is 4. The molecular formula is C14H17N3O4. The van der Waals surface area contributed by atoms with Gasteiger partial charge in [0.25, 0.3) is 11.7 Å². The van der Waals surface area contributed by atoms with Gasteiger partial charge >= 0.3 is 0 Å². The first-order chi connectivity index (χ1) is 10.1. The third-order valence-corrected chi connectivity index (χ3v) is 3.91. The first kappa shape index (κ1) is 13.8. The number of nitrogens with one attached hydrogen (secondary N) is 1. The van der Waals surface area contributed by atoms with Crippen molar-refractivity contribution in [3.8, 4) is 0 Å². The second-order valence-electron chi connectivity index (χ2n) is 5.31. The monoisotopic (exact) mass is 291 g/mol. The summed E-state index contributed by atoms with van der Waals surface area (Å²) in [5, 5.41) is 14.0. The van der Waals surface area contributed by atoms with Crippen LogP contribution in [0.15, 0.2) is 22.6 Å². The molecule has 112 valence electrons. The number of ether oxygens (including phenoxy) is 1. The highest BCUT2D eigenvalue weighted by atomic mass is 16.6. The first-order valence-corrected chi connectivity index (χ1v) is 7.03. The summed E-state index contributed by atoms with van der Waals surface area (Å²) in [6.45, 7) is 3.67. The number of anilines is 1. The number of benzene rings is 1. The fraction of sp³-hybridized carbons (Fsp3) is 0.500. The highest BCUT2D eigenvalue weighted by Crippen LogP contribution is 2.26. The third kappa shape index (κ3) is 2.97. The maximum Gasteiger partial charge on any atom is 0.295 e. The van der Waals surface area contributed by atoms with Gasteiger partial charge in [0.2, 0.25) is 0 Å². The van der Waals surface area contributed by atoms with Crippen LogP contribution in [-0.2, 0) is 4.74 Å². The molecule has 0 bridgehead atoms. The van der Waals surface area contributed by atoms with Crippen LogP contribution in [-0.4, -0.2) is 29.2 Å². The smallest absolute Gasteiger partial charge is 0.295 e. The van der Waals surface area contributed by atoms with Gasteiger partial charge in [-0.05, 0) is 31.7 Å². The van der Waals surface area contributed by atoms with Crippen LogP contribution < -0.4 is 5.32 Å². The van der Waals surface area contributed by atoms with E-state index in [0.29, 0.717) is 23.0 Å². The lowest BCUT2D eigenvalue weighted by Crippen LogP contribution is -2.31. The Balaban J connectivity index is 1.76. The molecule has 0 aliphatic carbocycles. The normalized spacial score (nSPS) is 17.8. The topological polar surface area (TPSA) is 90.4 Å². The Hall–Kier alpha value is -2.15. The lowest BCUT2D eigenvalue weighted by Gasteiger charge is -2.27. The molecule has 2 heterocycles. The second-order valence-corrected chi connectivity index (χ2v) is 5.31. The minimum absolute atomic E-state index is 0.00248. The molecule has 0 amide bonds. The van der Waals surface area contributed by atoms with E-state index >= 15 is 0 Å². The molecule has 2 aromatic rings. The first-order valence-electron chi connectivity index (χ1n) is 7.03. The van der Waals surface area contributed by atoms with Crippen LogP contribution in [0.1, 0.15) is 19.8 Å². The van der Waals surface area contributed by atoms with Gasteiger partial charge in [-0.25, -0.2) is 0 Å². The zero-order valence-electron chi connectivity index (χ0n) is 11.7. The van der Waals surface area contributed by atoms with E-state index in [0.717, 1.165) is 26.1 Å². The maximum absolute atomic E-state index is 10.8. The van der Waals surface area contributed by atoms with Crippen molar-refractivity contribution in [2.24, 2.45) is 5.92 Å². The lowest BCUT2D eigenvalue weighted by atomic mass is 9.93. The highest BCUT2D eigenvalue weighted by molar-refractivity contribution is 5.77. The van der Waals surface area contributed by atoms with Crippen molar-refractivity contribution >= 4 is 22.8 Å². The van der Waals surface area contributed by atoms with Crippen LogP contribution in [0.25, 0.3) is 11.1 Å². The van der Waals surface area contributed by atoms with Crippen LogP contribution in [0, 0.1) is 16.0 Å². The van der Waals surface area contributed by atoms with E-state index in [2.05, 4.69) is 17.2 Å². The number of aromatic nitrogens is 1. The van der Waals surface area contributed by atoms with E-state index in [-0.39, 0.29) is 11.7 Å². The minimum atomic E-state index is -0.445. The zero-order valence-corrected chi connectivity index (χ0v) is 11.7. The molecule has 0 radical (unpaired) electrons. The Labute approximate surface area is 121 Å². The second kappa shape index (κ2) is 5.69. The SMILES string of the molecule is CC(Nc1nc2ccc([N+](=O)[O-])cc2o1)C1CCOCC1. The molecule has 7 nitrogen and oxygen atoms in total. The van der Waals surface area contributed by atoms with Gasteiger partial charge in [-0.15, -0.1) is 0 Å². The number of fused-ring (bicyclic) bond motifs is 1. The van der Waals surface area contributed by atoms with Crippen LogP contribution in [0.5, 0.6) is 0 Å². The van der Waals surface area contributed by atoms with Crippen molar-refractivity contribution in [2.75, 3.05) is 18.5 Å². The van der Waals surface area contributed by atoms with E-state index in [1.807, 2.05) is 0 Å². The predicted molar refractivity (Wildman–Crippen MR) is 77.3 cm³/mol. The van der Waals surface area contributed by atoms with Crippen LogP contribution in [0.4, 0.5) is 11.7 Å². The molecule has 0 spiro atoms. The van der Waals surface area contributed by atoms with Crippen molar-refractivity contribution in [1.82, 2.24) is 4.98 Å². The molecule has 1 aromatic heterocycles. The number of nitro groups is 1. The average molecular weight is 291 g/mol. The van der Waals surface area contributed by atoms with Gasteiger partial charge in [0.1, 0.15) is 5.52 Å². The van der Waals surface area contributed by atoms with Crippen molar-refractivity contribution in [3.05, 3.63) is 28.3 Å². The van der Waals surface area contributed by atoms with E-state index in [1.54, 1.807) is 6.07 Å². The number of hydrogen-bond donors (Lipinski definition) is 1. The van der Waals surface area contributed by atoms with Gasteiger partial charge in [0.15, 0.2) is 5.58 Å². The van der Waals surface area contributed by atoms with Crippen molar-refractivity contribution in [3.63, 3.8) is 0 Å². The number of hydrogen-bond acceptors (Lipinski definition) is 6. The Morgan fingerprint density at radius 1 is 1.43 bits per heavy atom. The summed E-state index contributed by atoms with van der Waals surface area (Å²) in [7, 11) is 0. The number of nitro benzene ring substituents is 1. The zero-order chi connectivity index (χ0) is 14.8. The van der Waals surface area contributed by atoms with Crippen LogP contribution in [0.2, 0.25) is 0 Å². The summed E-state index contributed by atoms with van der Waals surface area (Å²) in [6.07, 6.45) is 2.03. The third-order valence-electron chi connectivity index (χ3n) is 3.91. The summed E-state index contributed by atoms with van der Waals surface area (Å²) >= 11 is 0. The molecule has 21 heavy (non-hydrogen) atoms. The molecule has 1 unspecified atom stereocenters. The van der Waals surface area contributed by atoms with Gasteiger partial charge in [-0.2, -0.15) is 4.98 Å². The molecule has 1 N–H and O–H groups in total. The Kier molecular flexibility index (Phi) is 3.74. The molecule has 7 heteroatoms. The molecule has 1 saturated heterocycles. The quantitative estimate of drug-likeness (QED) is 0.688. The van der Waals surface area contributed by atoms with E-state index in [4.69, 9.17) is 9.15 Å². The summed E-state index contributed by atoms with van der Waals surface area (Å²) < 4.78 is 10.9. The van der Waals surface area contributed by atoms with Gasteiger partial charge in [-0.3, -0.25) is 10.1 Å². The summed E-state index contributed by atoms with van der Waals surface area (Å²) in [5.74, 6) is 0.517. The van der Waals surface area contributed by atoms with E-state index < -0.39 is 4.92 Å². The van der Waals surface area contributed by atoms with Gasteiger partial charge < -0.3 is 14.5 Å². The summed E-state index contributed by atoms with van der Waals surface area (Å²) in [5.41, 5.74) is 1.04. The summed E-state index contributed by atoms with van der Waals surface area (Å²) in [4.78, 5) is 14.6. The van der Waals surface area contributed by atoms with Crippen molar-refractivity contribution in [2.45, 2.75) is 25.8 Å². The molecule has 1 aromatic carbocycles. The van der Waals surface area contributed by atoms with Gasteiger partial charge in [0, 0.05) is 25.3 Å². The molecule has 1 fully saturated rings. The lowest BCUT2D eigenvalue weighted by molar-refractivity contribution is -0.384. The van der Waals surface area contributed by atoms with Gasteiger partial charge in [0.05, 0.1) is 11.0 Å². The standard InChI is InChI=1S/C14H17N3O4/c1-9(10-4-6-20-7-5-10)15-14-16-12-3-2-11(17(18)19)8-13(12)21-14/h2-3,8-10H,4-7H2,1H3,(H,15,16). The molecular weight excluding hydrogens is 274 g/mol. The largest absolute Gasteiger partial charge is 0.423 e. The molecule has 1 aliphatic heterocycles. The highest BCUT2D eigenvalue weighted by Gasteiger charge is 2.22. The Morgan fingerprint density at radius 3 is 2.90 bits per heavy atom. The van der Waals surface area contributed by atoms with E-state index in [9.17, 15) is 10.1 Å². The van der Waals surface area contributed by atoms with Crippen LogP contribution >= 0.6 is 0 Å². The fourth-order valence-corrected chi connectivity index (χ4v) is 2.62. The van der Waals surface area contributed by atoms with Crippen molar-refractivity contribution < 1.29 is 14.1 Å². The maximum atomic E-state index is 10.8.